The molecule has 26 heavy (non-hydrogen) atoms. The summed E-state index contributed by atoms with van der Waals surface area (Å²) >= 11 is 0. The highest BCUT2D eigenvalue weighted by molar-refractivity contribution is 6.14. The van der Waals surface area contributed by atoms with E-state index < -0.39 is 17.3 Å². The van der Waals surface area contributed by atoms with Crippen molar-refractivity contribution < 1.29 is 24.9 Å². The van der Waals surface area contributed by atoms with Crippen molar-refractivity contribution in [3.05, 3.63) is 48.5 Å². The fourth-order valence-electron chi connectivity index (χ4n) is 3.54. The molecule has 0 aliphatic heterocycles. The van der Waals surface area contributed by atoms with Crippen LogP contribution in [0.15, 0.2) is 48.5 Å². The fourth-order valence-corrected chi connectivity index (χ4v) is 3.54. The first-order valence-corrected chi connectivity index (χ1v) is 8.61. The number of para-hydroxylation sites is 4. The molecule has 0 atom stereocenters. The third-order valence-electron chi connectivity index (χ3n) is 4.97. The molecule has 2 aromatic carbocycles. The molecular formula is C20H21NO5. The number of hydrogen-bond donors (Lipinski definition) is 3. The van der Waals surface area contributed by atoms with Crippen molar-refractivity contribution in [1.82, 2.24) is 0 Å². The standard InChI is InChI=1S/C20H21NO5/c22-16-10-4-2-8-14(16)21(15-9-3-5-11-17(15)23)18(24)20(19(25)26)12-6-1-7-13-20/h2-5,8-11,22-23H,1,6-7,12-13H2,(H,25,26). The number of aromatic hydroxyl groups is 2. The molecule has 1 amide bonds. The van der Waals surface area contributed by atoms with E-state index in [9.17, 15) is 24.9 Å². The second-order valence-electron chi connectivity index (χ2n) is 6.57. The molecule has 6 heteroatoms. The lowest BCUT2D eigenvalue weighted by Crippen LogP contribution is -2.48. The lowest BCUT2D eigenvalue weighted by molar-refractivity contribution is -0.157. The molecule has 1 fully saturated rings. The van der Waals surface area contributed by atoms with Crippen molar-refractivity contribution >= 4 is 23.3 Å². The normalized spacial score (nSPS) is 16.0. The highest BCUT2D eigenvalue weighted by Crippen LogP contribution is 2.45. The van der Waals surface area contributed by atoms with Crippen LogP contribution in [0.1, 0.15) is 32.1 Å². The van der Waals surface area contributed by atoms with Crippen molar-refractivity contribution in [3.8, 4) is 11.5 Å². The zero-order valence-electron chi connectivity index (χ0n) is 14.3. The predicted molar refractivity (Wildman–Crippen MR) is 96.5 cm³/mol. The number of carbonyl (C=O) groups is 2. The first-order chi connectivity index (χ1) is 12.5. The monoisotopic (exact) mass is 355 g/mol. The summed E-state index contributed by atoms with van der Waals surface area (Å²) in [5.74, 6) is -2.15. The Bertz CT molecular complexity index is 781. The fraction of sp³-hybridized carbons (Fsp3) is 0.300. The highest BCUT2D eigenvalue weighted by atomic mass is 16.4. The van der Waals surface area contributed by atoms with Gasteiger partial charge in [-0.3, -0.25) is 14.5 Å². The van der Waals surface area contributed by atoms with Crippen molar-refractivity contribution in [2.75, 3.05) is 4.90 Å². The SMILES string of the molecule is O=C(O)C1(C(=O)N(c2ccccc2O)c2ccccc2O)CCCCC1. The molecule has 0 saturated heterocycles. The van der Waals surface area contributed by atoms with E-state index in [2.05, 4.69) is 0 Å². The Morgan fingerprint density at radius 2 is 1.27 bits per heavy atom. The largest absolute Gasteiger partial charge is 0.506 e. The van der Waals surface area contributed by atoms with Gasteiger partial charge >= 0.3 is 5.97 Å². The van der Waals surface area contributed by atoms with Crippen LogP contribution in [-0.2, 0) is 9.59 Å². The molecule has 3 N–H and O–H groups in total. The van der Waals surface area contributed by atoms with Gasteiger partial charge in [0.25, 0.3) is 0 Å². The minimum Gasteiger partial charge on any atom is -0.506 e. The number of phenols is 2. The van der Waals surface area contributed by atoms with E-state index in [0.717, 1.165) is 11.3 Å². The van der Waals surface area contributed by atoms with Gasteiger partial charge in [0, 0.05) is 0 Å². The van der Waals surface area contributed by atoms with E-state index in [1.54, 1.807) is 24.3 Å². The molecule has 3 rings (SSSR count). The Morgan fingerprint density at radius 1 is 0.808 bits per heavy atom. The van der Waals surface area contributed by atoms with Gasteiger partial charge in [0.15, 0.2) is 0 Å². The van der Waals surface area contributed by atoms with Gasteiger partial charge in [-0.15, -0.1) is 0 Å². The lowest BCUT2D eigenvalue weighted by Gasteiger charge is -2.36. The number of carbonyl (C=O) groups excluding carboxylic acids is 1. The van der Waals surface area contributed by atoms with Gasteiger partial charge in [-0.1, -0.05) is 43.5 Å². The van der Waals surface area contributed by atoms with E-state index in [1.807, 2.05) is 0 Å². The summed E-state index contributed by atoms with van der Waals surface area (Å²) in [5, 5.41) is 30.4. The second-order valence-corrected chi connectivity index (χ2v) is 6.57. The van der Waals surface area contributed by atoms with E-state index >= 15 is 0 Å². The Labute approximate surface area is 151 Å². The Balaban J connectivity index is 2.18. The maximum absolute atomic E-state index is 13.5. The molecular weight excluding hydrogens is 334 g/mol. The smallest absolute Gasteiger partial charge is 0.319 e. The number of nitrogens with zero attached hydrogens (tertiary/aromatic N) is 1. The maximum Gasteiger partial charge on any atom is 0.319 e. The lowest BCUT2D eigenvalue weighted by atomic mass is 9.72. The summed E-state index contributed by atoms with van der Waals surface area (Å²) in [7, 11) is 0. The van der Waals surface area contributed by atoms with Gasteiger partial charge in [0.05, 0.1) is 11.4 Å². The number of aliphatic carboxylic acids is 1. The molecule has 0 heterocycles. The molecule has 0 aromatic heterocycles. The van der Waals surface area contributed by atoms with Crippen LogP contribution in [0.5, 0.6) is 11.5 Å². The zero-order valence-corrected chi connectivity index (χ0v) is 14.3. The van der Waals surface area contributed by atoms with Crippen LogP contribution in [0.3, 0.4) is 0 Å². The Hall–Kier alpha value is -3.02. The molecule has 0 radical (unpaired) electrons. The average molecular weight is 355 g/mol. The summed E-state index contributed by atoms with van der Waals surface area (Å²) in [6, 6.07) is 12.4. The molecule has 1 aliphatic carbocycles. The quantitative estimate of drug-likeness (QED) is 0.725. The third kappa shape index (κ3) is 2.98. The number of phenolic OH excluding ortho intramolecular Hbond substituents is 2. The number of carboxylic acids is 1. The summed E-state index contributed by atoms with van der Waals surface area (Å²) in [5.41, 5.74) is -1.28. The number of benzene rings is 2. The van der Waals surface area contributed by atoms with E-state index in [4.69, 9.17) is 0 Å². The number of hydrogen-bond acceptors (Lipinski definition) is 4. The van der Waals surface area contributed by atoms with Crippen LogP contribution in [-0.4, -0.2) is 27.2 Å². The first-order valence-electron chi connectivity index (χ1n) is 8.61. The molecule has 6 nitrogen and oxygen atoms in total. The van der Waals surface area contributed by atoms with Gasteiger partial charge < -0.3 is 15.3 Å². The predicted octanol–water partition coefficient (Wildman–Crippen LogP) is 3.80. The topological polar surface area (TPSA) is 98.1 Å². The molecule has 1 saturated carbocycles. The van der Waals surface area contributed by atoms with Crippen molar-refractivity contribution in [2.24, 2.45) is 5.41 Å². The van der Waals surface area contributed by atoms with Crippen LogP contribution in [0.25, 0.3) is 0 Å². The summed E-state index contributed by atoms with van der Waals surface area (Å²) in [6.07, 6.45) is 2.65. The summed E-state index contributed by atoms with van der Waals surface area (Å²) in [4.78, 5) is 26.7. The van der Waals surface area contributed by atoms with Crippen molar-refractivity contribution in [3.63, 3.8) is 0 Å². The van der Waals surface area contributed by atoms with Crippen LogP contribution in [0, 0.1) is 5.41 Å². The van der Waals surface area contributed by atoms with E-state index in [-0.39, 0.29) is 35.7 Å². The average Bonchev–Trinajstić information content (AvgIpc) is 2.65. The second kappa shape index (κ2) is 7.07. The summed E-state index contributed by atoms with van der Waals surface area (Å²) < 4.78 is 0. The van der Waals surface area contributed by atoms with Gasteiger partial charge in [0.2, 0.25) is 5.91 Å². The van der Waals surface area contributed by atoms with Crippen LogP contribution in [0.2, 0.25) is 0 Å². The van der Waals surface area contributed by atoms with Gasteiger partial charge in [-0.25, -0.2) is 0 Å². The first kappa shape index (κ1) is 17.8. The number of carboxylic acid groups (broad SMARTS) is 1. The molecule has 0 bridgehead atoms. The number of amides is 1. The minimum atomic E-state index is -1.57. The summed E-state index contributed by atoms with van der Waals surface area (Å²) in [6.45, 7) is 0. The number of anilines is 2. The zero-order chi connectivity index (χ0) is 18.7. The van der Waals surface area contributed by atoms with Gasteiger partial charge in [-0.2, -0.15) is 0 Å². The van der Waals surface area contributed by atoms with Gasteiger partial charge in [0.1, 0.15) is 16.9 Å². The molecule has 1 aliphatic rings. The highest BCUT2D eigenvalue weighted by Gasteiger charge is 2.50. The van der Waals surface area contributed by atoms with Crippen LogP contribution >= 0.6 is 0 Å². The van der Waals surface area contributed by atoms with Crippen LogP contribution in [0.4, 0.5) is 11.4 Å². The molecule has 2 aromatic rings. The number of rotatable bonds is 4. The Kier molecular flexibility index (Phi) is 4.84. The minimum absolute atomic E-state index is 0.144. The van der Waals surface area contributed by atoms with Crippen molar-refractivity contribution in [1.29, 1.82) is 0 Å². The van der Waals surface area contributed by atoms with Gasteiger partial charge in [-0.05, 0) is 37.1 Å². The van der Waals surface area contributed by atoms with E-state index in [1.165, 1.54) is 24.3 Å². The molecule has 136 valence electrons. The molecule has 0 unspecified atom stereocenters. The maximum atomic E-state index is 13.5. The van der Waals surface area contributed by atoms with E-state index in [0.29, 0.717) is 12.8 Å². The van der Waals surface area contributed by atoms with Crippen LogP contribution < -0.4 is 4.90 Å². The van der Waals surface area contributed by atoms with Crippen molar-refractivity contribution in [2.45, 2.75) is 32.1 Å². The third-order valence-corrected chi connectivity index (χ3v) is 4.97. The molecule has 0 spiro atoms. The Morgan fingerprint density at radius 3 is 1.69 bits per heavy atom.